The molecule has 0 fully saturated rings. The quantitative estimate of drug-likeness (QED) is 0.586. The van der Waals surface area contributed by atoms with E-state index in [9.17, 15) is 23.6 Å². The summed E-state index contributed by atoms with van der Waals surface area (Å²) in [6.45, 7) is 1.23. The molecule has 16 heavy (non-hydrogen) atoms. The van der Waals surface area contributed by atoms with Crippen molar-refractivity contribution in [3.8, 4) is 0 Å². The summed E-state index contributed by atoms with van der Waals surface area (Å²) in [6, 6.07) is 3.42. The molecule has 1 aromatic rings. The Morgan fingerprint density at radius 3 is 2.44 bits per heavy atom. The number of aliphatic hydroxyl groups excluding tert-OH is 1. The summed E-state index contributed by atoms with van der Waals surface area (Å²) in [4.78, 5) is 9.46. The van der Waals surface area contributed by atoms with Crippen LogP contribution in [-0.2, 0) is 10.0 Å². The molecule has 1 atom stereocenters. The van der Waals surface area contributed by atoms with Crippen LogP contribution in [0.15, 0.2) is 23.1 Å². The van der Waals surface area contributed by atoms with Gasteiger partial charge in [0.2, 0.25) is 10.0 Å². The zero-order valence-corrected chi connectivity index (χ0v) is 9.14. The van der Waals surface area contributed by atoms with Crippen molar-refractivity contribution >= 4 is 15.7 Å². The summed E-state index contributed by atoms with van der Waals surface area (Å²) >= 11 is 0. The van der Waals surface area contributed by atoms with Crippen molar-refractivity contribution in [2.45, 2.75) is 17.9 Å². The lowest BCUT2D eigenvalue weighted by molar-refractivity contribution is -0.386. The summed E-state index contributed by atoms with van der Waals surface area (Å²) in [5, 5.41) is 24.9. The molecule has 0 aliphatic rings. The minimum Gasteiger partial charge on any atom is -0.388 e. The van der Waals surface area contributed by atoms with Crippen LogP contribution in [-0.4, -0.2) is 18.4 Å². The van der Waals surface area contributed by atoms with Crippen molar-refractivity contribution in [3.05, 3.63) is 33.9 Å². The van der Waals surface area contributed by atoms with Gasteiger partial charge in [-0.05, 0) is 13.0 Å². The Bertz CT molecular complexity index is 523. The fraction of sp³-hybridized carbons (Fsp3) is 0.250. The Balaban J connectivity index is 3.65. The molecule has 0 spiro atoms. The van der Waals surface area contributed by atoms with Gasteiger partial charge in [0.05, 0.1) is 21.5 Å². The number of sulfonamides is 1. The van der Waals surface area contributed by atoms with E-state index in [0.717, 1.165) is 12.1 Å². The first-order chi connectivity index (χ1) is 7.25. The second kappa shape index (κ2) is 4.16. The first kappa shape index (κ1) is 12.6. The van der Waals surface area contributed by atoms with E-state index in [0.29, 0.717) is 0 Å². The molecule has 0 saturated heterocycles. The van der Waals surface area contributed by atoms with Gasteiger partial charge in [-0.2, -0.15) is 0 Å². The first-order valence-corrected chi connectivity index (χ1v) is 5.78. The minimum absolute atomic E-state index is 0.296. The number of benzene rings is 1. The molecule has 7 nitrogen and oxygen atoms in total. The van der Waals surface area contributed by atoms with Gasteiger partial charge >= 0.3 is 0 Å². The second-order valence-corrected chi connectivity index (χ2v) is 4.70. The highest BCUT2D eigenvalue weighted by Gasteiger charge is 2.26. The second-order valence-electron chi connectivity index (χ2n) is 3.17. The van der Waals surface area contributed by atoms with Gasteiger partial charge in [-0.25, -0.2) is 13.6 Å². The highest BCUT2D eigenvalue weighted by atomic mass is 32.2. The van der Waals surface area contributed by atoms with Gasteiger partial charge in [0, 0.05) is 6.07 Å². The van der Waals surface area contributed by atoms with Crippen LogP contribution in [0.25, 0.3) is 0 Å². The molecule has 8 heteroatoms. The number of nitrogens with zero attached hydrogens (tertiary/aromatic N) is 1. The third-order valence-corrected chi connectivity index (χ3v) is 2.93. The Kier molecular flexibility index (Phi) is 3.27. The van der Waals surface area contributed by atoms with E-state index in [-0.39, 0.29) is 5.56 Å². The summed E-state index contributed by atoms with van der Waals surface area (Å²) in [5.41, 5.74) is -0.767. The number of hydrogen-bond acceptors (Lipinski definition) is 5. The van der Waals surface area contributed by atoms with Crippen LogP contribution >= 0.6 is 0 Å². The number of nitrogens with two attached hydrogens (primary N) is 1. The molecule has 0 aromatic heterocycles. The molecule has 0 bridgehead atoms. The maximum Gasteiger partial charge on any atom is 0.276 e. The molecular formula is C8H10N2O5S. The van der Waals surface area contributed by atoms with E-state index in [1.54, 1.807) is 0 Å². The Morgan fingerprint density at radius 2 is 2.06 bits per heavy atom. The van der Waals surface area contributed by atoms with Gasteiger partial charge in [-0.3, -0.25) is 10.1 Å². The average Bonchev–Trinajstić information content (AvgIpc) is 2.14. The lowest BCUT2D eigenvalue weighted by atomic mass is 10.1. The van der Waals surface area contributed by atoms with Crippen LogP contribution in [0.1, 0.15) is 18.6 Å². The molecular weight excluding hydrogens is 236 g/mol. The number of hydrogen-bond donors (Lipinski definition) is 2. The van der Waals surface area contributed by atoms with Gasteiger partial charge in [0.15, 0.2) is 0 Å². The number of nitro groups is 1. The van der Waals surface area contributed by atoms with E-state index >= 15 is 0 Å². The normalized spacial score (nSPS) is 13.4. The molecule has 0 saturated carbocycles. The summed E-state index contributed by atoms with van der Waals surface area (Å²) < 4.78 is 22.4. The molecule has 0 aliphatic heterocycles. The van der Waals surface area contributed by atoms with Crippen molar-refractivity contribution in [2.24, 2.45) is 5.14 Å². The molecule has 1 rings (SSSR count). The van der Waals surface area contributed by atoms with Gasteiger partial charge in [-0.15, -0.1) is 0 Å². The number of aliphatic hydroxyl groups is 1. The van der Waals surface area contributed by atoms with Crippen molar-refractivity contribution in [1.29, 1.82) is 0 Å². The van der Waals surface area contributed by atoms with E-state index in [4.69, 9.17) is 5.14 Å². The standard InChI is InChI=1S/C8H10N2O5S/c1-5(11)8-6(10(12)13)3-2-4-7(8)16(9,14)15/h2-5,11H,1H3,(H2,9,14,15). The largest absolute Gasteiger partial charge is 0.388 e. The smallest absolute Gasteiger partial charge is 0.276 e. The number of nitro benzene ring substituents is 1. The molecule has 0 amide bonds. The fourth-order valence-corrected chi connectivity index (χ4v) is 2.21. The molecule has 1 aromatic carbocycles. The maximum atomic E-state index is 11.2. The van der Waals surface area contributed by atoms with Crippen molar-refractivity contribution in [3.63, 3.8) is 0 Å². The van der Waals surface area contributed by atoms with Crippen molar-refractivity contribution in [1.82, 2.24) is 0 Å². The Hall–Kier alpha value is -1.51. The van der Waals surface area contributed by atoms with E-state index in [2.05, 4.69) is 0 Å². The van der Waals surface area contributed by atoms with Crippen LogP contribution < -0.4 is 5.14 Å². The number of primary sulfonamides is 1. The lowest BCUT2D eigenvalue weighted by Crippen LogP contribution is -2.16. The van der Waals surface area contributed by atoms with Crippen LogP contribution in [0, 0.1) is 10.1 Å². The molecule has 0 aliphatic carbocycles. The predicted octanol–water partition coefficient (Wildman–Crippen LogP) is 0.296. The highest BCUT2D eigenvalue weighted by Crippen LogP contribution is 2.30. The maximum absolute atomic E-state index is 11.2. The van der Waals surface area contributed by atoms with Gasteiger partial charge in [0.25, 0.3) is 5.69 Å². The SMILES string of the molecule is CC(O)c1c([N+](=O)[O-])cccc1S(N)(=O)=O. The summed E-state index contributed by atoms with van der Waals surface area (Å²) in [5.74, 6) is 0. The predicted molar refractivity (Wildman–Crippen MR) is 55.1 cm³/mol. The van der Waals surface area contributed by atoms with Gasteiger partial charge in [0.1, 0.15) is 0 Å². The van der Waals surface area contributed by atoms with E-state index in [1.807, 2.05) is 0 Å². The van der Waals surface area contributed by atoms with Crippen LogP contribution in [0.2, 0.25) is 0 Å². The average molecular weight is 246 g/mol. The first-order valence-electron chi connectivity index (χ1n) is 4.23. The van der Waals surface area contributed by atoms with Crippen LogP contribution in [0.5, 0.6) is 0 Å². The molecule has 3 N–H and O–H groups in total. The van der Waals surface area contributed by atoms with Crippen molar-refractivity contribution < 1.29 is 18.4 Å². The number of rotatable bonds is 3. The molecule has 88 valence electrons. The Labute approximate surface area is 91.7 Å². The van der Waals surface area contributed by atoms with E-state index < -0.39 is 31.6 Å². The van der Waals surface area contributed by atoms with E-state index in [1.165, 1.54) is 13.0 Å². The molecule has 0 radical (unpaired) electrons. The van der Waals surface area contributed by atoms with Crippen LogP contribution in [0.4, 0.5) is 5.69 Å². The molecule has 0 heterocycles. The minimum atomic E-state index is -4.10. The molecule has 1 unspecified atom stereocenters. The van der Waals surface area contributed by atoms with Crippen molar-refractivity contribution in [2.75, 3.05) is 0 Å². The third kappa shape index (κ3) is 2.35. The fourth-order valence-electron chi connectivity index (χ4n) is 1.36. The third-order valence-electron chi connectivity index (χ3n) is 1.96. The summed E-state index contributed by atoms with van der Waals surface area (Å²) in [6.07, 6.45) is -1.30. The topological polar surface area (TPSA) is 124 Å². The van der Waals surface area contributed by atoms with Crippen LogP contribution in [0.3, 0.4) is 0 Å². The zero-order chi connectivity index (χ0) is 12.5. The lowest BCUT2D eigenvalue weighted by Gasteiger charge is -2.10. The summed E-state index contributed by atoms with van der Waals surface area (Å²) in [7, 11) is -4.10. The zero-order valence-electron chi connectivity index (χ0n) is 8.32. The highest BCUT2D eigenvalue weighted by molar-refractivity contribution is 7.89. The van der Waals surface area contributed by atoms with Gasteiger partial charge < -0.3 is 5.11 Å². The van der Waals surface area contributed by atoms with Gasteiger partial charge in [-0.1, -0.05) is 6.07 Å². The monoisotopic (exact) mass is 246 g/mol. The Morgan fingerprint density at radius 1 is 1.50 bits per heavy atom.